The molecule has 0 saturated carbocycles. The maximum Gasteiger partial charge on any atom is 0.335 e. The zero-order valence-corrected chi connectivity index (χ0v) is 7.92. The van der Waals surface area contributed by atoms with Crippen molar-refractivity contribution in [3.8, 4) is 0 Å². The Labute approximate surface area is 85.6 Å². The average molecular weight is 206 g/mol. The minimum atomic E-state index is -0.964. The van der Waals surface area contributed by atoms with Crippen LogP contribution in [0.5, 0.6) is 0 Å². The van der Waals surface area contributed by atoms with Crippen molar-refractivity contribution in [2.45, 2.75) is 6.54 Å². The Bertz CT molecular complexity index is 504. The number of carboxylic acid groups (broad SMARTS) is 1. The summed E-state index contributed by atoms with van der Waals surface area (Å²) in [4.78, 5) is 14.9. The van der Waals surface area contributed by atoms with Gasteiger partial charge in [0.05, 0.1) is 29.5 Å². The van der Waals surface area contributed by atoms with Crippen molar-refractivity contribution in [2.24, 2.45) is 0 Å². The average Bonchev–Trinajstić information content (AvgIpc) is 2.61. The highest BCUT2D eigenvalue weighted by molar-refractivity contribution is 5.92. The van der Waals surface area contributed by atoms with E-state index in [0.717, 1.165) is 11.0 Å². The molecular weight excluding hydrogens is 196 g/mol. The minimum absolute atomic E-state index is 0.00274. The highest BCUT2D eigenvalue weighted by Crippen LogP contribution is 2.14. The van der Waals surface area contributed by atoms with Crippen molar-refractivity contribution < 1.29 is 15.0 Å². The molecule has 0 aliphatic rings. The van der Waals surface area contributed by atoms with Crippen LogP contribution >= 0.6 is 0 Å². The van der Waals surface area contributed by atoms with E-state index in [1.807, 2.05) is 0 Å². The molecule has 0 amide bonds. The number of aliphatic hydroxyl groups is 1. The van der Waals surface area contributed by atoms with E-state index in [9.17, 15) is 4.79 Å². The number of rotatable bonds is 3. The van der Waals surface area contributed by atoms with Gasteiger partial charge in [0.1, 0.15) is 0 Å². The zero-order valence-electron chi connectivity index (χ0n) is 7.92. The number of aromatic nitrogens is 2. The number of hydrogen-bond acceptors (Lipinski definition) is 3. The molecule has 2 aromatic rings. The van der Waals surface area contributed by atoms with Gasteiger partial charge in [0.2, 0.25) is 0 Å². The molecule has 0 fully saturated rings. The van der Waals surface area contributed by atoms with Crippen molar-refractivity contribution in [1.29, 1.82) is 0 Å². The molecule has 0 bridgehead atoms. The zero-order chi connectivity index (χ0) is 10.8. The van der Waals surface area contributed by atoms with E-state index in [1.165, 1.54) is 6.07 Å². The summed E-state index contributed by atoms with van der Waals surface area (Å²) in [6, 6.07) is 4.73. The van der Waals surface area contributed by atoms with Gasteiger partial charge >= 0.3 is 5.97 Å². The molecule has 0 aliphatic carbocycles. The fourth-order valence-electron chi connectivity index (χ4n) is 1.48. The number of nitrogens with zero attached hydrogens (tertiary/aromatic N) is 2. The molecule has 0 spiro atoms. The topological polar surface area (TPSA) is 75.3 Å². The maximum atomic E-state index is 10.8. The molecule has 1 heterocycles. The normalized spacial score (nSPS) is 10.7. The first-order valence-corrected chi connectivity index (χ1v) is 4.51. The van der Waals surface area contributed by atoms with E-state index in [2.05, 4.69) is 4.98 Å². The van der Waals surface area contributed by atoms with Crippen LogP contribution in [0.1, 0.15) is 10.4 Å². The third-order valence-corrected chi connectivity index (χ3v) is 2.21. The van der Waals surface area contributed by atoms with Gasteiger partial charge in [0, 0.05) is 6.54 Å². The van der Waals surface area contributed by atoms with Crippen LogP contribution in [0, 0.1) is 0 Å². The van der Waals surface area contributed by atoms with Crippen LogP contribution in [0.25, 0.3) is 11.0 Å². The number of imidazole rings is 1. The highest BCUT2D eigenvalue weighted by Gasteiger charge is 2.07. The molecule has 0 aliphatic heterocycles. The van der Waals surface area contributed by atoms with E-state index in [1.54, 1.807) is 23.0 Å². The Morgan fingerprint density at radius 2 is 2.27 bits per heavy atom. The summed E-state index contributed by atoms with van der Waals surface area (Å²) >= 11 is 0. The van der Waals surface area contributed by atoms with Gasteiger partial charge in [-0.1, -0.05) is 0 Å². The van der Waals surface area contributed by atoms with E-state index in [4.69, 9.17) is 10.2 Å². The number of carbonyl (C=O) groups is 1. The van der Waals surface area contributed by atoms with E-state index < -0.39 is 5.97 Å². The molecule has 2 rings (SSSR count). The lowest BCUT2D eigenvalue weighted by atomic mass is 10.2. The number of carboxylic acids is 1. The van der Waals surface area contributed by atoms with Crippen LogP contribution in [-0.2, 0) is 6.54 Å². The van der Waals surface area contributed by atoms with Crippen LogP contribution < -0.4 is 0 Å². The molecule has 5 nitrogen and oxygen atoms in total. The quantitative estimate of drug-likeness (QED) is 0.776. The number of aliphatic hydroxyl groups excluding tert-OH is 1. The van der Waals surface area contributed by atoms with Crippen molar-refractivity contribution in [3.05, 3.63) is 30.1 Å². The summed E-state index contributed by atoms with van der Waals surface area (Å²) < 4.78 is 1.72. The molecule has 0 radical (unpaired) electrons. The molecule has 5 heteroatoms. The first kappa shape index (κ1) is 9.67. The fourth-order valence-corrected chi connectivity index (χ4v) is 1.48. The van der Waals surface area contributed by atoms with E-state index in [0.29, 0.717) is 6.54 Å². The summed E-state index contributed by atoms with van der Waals surface area (Å²) in [5, 5.41) is 17.6. The fraction of sp³-hybridized carbons (Fsp3) is 0.200. The number of hydrogen-bond donors (Lipinski definition) is 2. The molecule has 15 heavy (non-hydrogen) atoms. The molecule has 0 atom stereocenters. The molecule has 0 saturated heterocycles. The summed E-state index contributed by atoms with van der Waals surface area (Å²) in [6.45, 7) is 0.419. The second kappa shape index (κ2) is 3.70. The van der Waals surface area contributed by atoms with Crippen LogP contribution in [0.2, 0.25) is 0 Å². The lowest BCUT2D eigenvalue weighted by Gasteiger charge is -2.01. The monoisotopic (exact) mass is 206 g/mol. The lowest BCUT2D eigenvalue weighted by Crippen LogP contribution is -2.01. The summed E-state index contributed by atoms with van der Waals surface area (Å²) in [5.41, 5.74) is 1.68. The van der Waals surface area contributed by atoms with Crippen LogP contribution in [-0.4, -0.2) is 32.3 Å². The van der Waals surface area contributed by atoms with Gasteiger partial charge in [-0.15, -0.1) is 0 Å². The van der Waals surface area contributed by atoms with Crippen LogP contribution in [0.15, 0.2) is 24.5 Å². The second-order valence-electron chi connectivity index (χ2n) is 3.17. The molecular formula is C10H10N2O3. The smallest absolute Gasteiger partial charge is 0.335 e. The van der Waals surface area contributed by atoms with Crippen LogP contribution in [0.3, 0.4) is 0 Å². The van der Waals surface area contributed by atoms with Crippen molar-refractivity contribution >= 4 is 17.0 Å². The standard InChI is InChI=1S/C10H10N2O3/c13-4-3-12-6-11-8-2-1-7(10(14)15)5-9(8)12/h1-2,5-6,13H,3-4H2,(H,14,15). The summed E-state index contributed by atoms with van der Waals surface area (Å²) in [5.74, 6) is -0.964. The molecule has 1 aromatic carbocycles. The van der Waals surface area contributed by atoms with Gasteiger partial charge in [-0.3, -0.25) is 0 Å². The SMILES string of the molecule is O=C(O)c1ccc2ncn(CCO)c2c1. The first-order chi connectivity index (χ1) is 7.22. The summed E-state index contributed by atoms with van der Waals surface area (Å²) in [6.07, 6.45) is 1.59. The third kappa shape index (κ3) is 1.69. The Morgan fingerprint density at radius 1 is 1.47 bits per heavy atom. The Balaban J connectivity index is 2.56. The minimum Gasteiger partial charge on any atom is -0.478 e. The molecule has 78 valence electrons. The number of fused-ring (bicyclic) bond motifs is 1. The molecule has 1 aromatic heterocycles. The largest absolute Gasteiger partial charge is 0.478 e. The van der Waals surface area contributed by atoms with Crippen molar-refractivity contribution in [1.82, 2.24) is 9.55 Å². The predicted molar refractivity (Wildman–Crippen MR) is 53.8 cm³/mol. The van der Waals surface area contributed by atoms with E-state index in [-0.39, 0.29) is 12.2 Å². The van der Waals surface area contributed by atoms with Gasteiger partial charge in [-0.25, -0.2) is 9.78 Å². The first-order valence-electron chi connectivity index (χ1n) is 4.51. The van der Waals surface area contributed by atoms with Gasteiger partial charge in [0.25, 0.3) is 0 Å². The van der Waals surface area contributed by atoms with Gasteiger partial charge in [-0.2, -0.15) is 0 Å². The third-order valence-electron chi connectivity index (χ3n) is 2.21. The highest BCUT2D eigenvalue weighted by atomic mass is 16.4. The number of aromatic carboxylic acids is 1. The Kier molecular flexibility index (Phi) is 2.39. The molecule has 0 unspecified atom stereocenters. The predicted octanol–water partition coefficient (Wildman–Crippen LogP) is 0.727. The Hall–Kier alpha value is -1.88. The molecule has 2 N–H and O–H groups in total. The Morgan fingerprint density at radius 3 is 2.93 bits per heavy atom. The van der Waals surface area contributed by atoms with Gasteiger partial charge in [-0.05, 0) is 18.2 Å². The summed E-state index contributed by atoms with van der Waals surface area (Å²) in [7, 11) is 0. The van der Waals surface area contributed by atoms with Gasteiger partial charge in [0.15, 0.2) is 0 Å². The van der Waals surface area contributed by atoms with Crippen molar-refractivity contribution in [2.75, 3.05) is 6.61 Å². The van der Waals surface area contributed by atoms with E-state index >= 15 is 0 Å². The van der Waals surface area contributed by atoms with Crippen LogP contribution in [0.4, 0.5) is 0 Å². The number of benzene rings is 1. The lowest BCUT2D eigenvalue weighted by molar-refractivity contribution is 0.0697. The maximum absolute atomic E-state index is 10.8. The second-order valence-corrected chi connectivity index (χ2v) is 3.17. The van der Waals surface area contributed by atoms with Gasteiger partial charge < -0.3 is 14.8 Å². The van der Waals surface area contributed by atoms with Crippen molar-refractivity contribution in [3.63, 3.8) is 0 Å².